The van der Waals surface area contributed by atoms with Crippen molar-refractivity contribution in [3.63, 3.8) is 0 Å². The number of hydrogen-bond donors (Lipinski definition) is 0. The number of thioether (sulfide) groups is 1. The second-order valence-electron chi connectivity index (χ2n) is 4.79. The van der Waals surface area contributed by atoms with Crippen LogP contribution in [0.3, 0.4) is 0 Å². The first-order chi connectivity index (χ1) is 11.1. The molecule has 0 saturated heterocycles. The summed E-state index contributed by atoms with van der Waals surface area (Å²) in [5.74, 6) is 0.713. The molecular weight excluding hydrogens is 371 g/mol. The van der Waals surface area contributed by atoms with E-state index >= 15 is 0 Å². The molecule has 3 rings (SSSR count). The van der Waals surface area contributed by atoms with Crippen molar-refractivity contribution in [3.8, 4) is 11.3 Å². The number of nitrogens with zero attached hydrogens (tertiary/aromatic N) is 2. The molecule has 23 heavy (non-hydrogen) atoms. The van der Waals surface area contributed by atoms with Gasteiger partial charge in [-0.15, -0.1) is 10.2 Å². The molecule has 0 atom stereocenters. The molecule has 116 valence electrons. The molecule has 0 saturated carbocycles. The molecular formula is C17H11Cl3N2S. The van der Waals surface area contributed by atoms with Crippen molar-refractivity contribution in [1.82, 2.24) is 10.2 Å². The minimum absolute atomic E-state index is 0.635. The number of halogens is 3. The fraction of sp³-hybridized carbons (Fsp3) is 0.0588. The van der Waals surface area contributed by atoms with E-state index in [0.717, 1.165) is 21.8 Å². The molecule has 0 N–H and O–H groups in total. The van der Waals surface area contributed by atoms with Gasteiger partial charge >= 0.3 is 0 Å². The summed E-state index contributed by atoms with van der Waals surface area (Å²) >= 11 is 19.5. The molecule has 0 aliphatic rings. The predicted molar refractivity (Wildman–Crippen MR) is 98.5 cm³/mol. The van der Waals surface area contributed by atoms with E-state index in [1.54, 1.807) is 17.8 Å². The van der Waals surface area contributed by atoms with Crippen molar-refractivity contribution in [2.24, 2.45) is 0 Å². The number of benzene rings is 2. The smallest absolute Gasteiger partial charge is 0.119 e. The van der Waals surface area contributed by atoms with Gasteiger partial charge in [0.05, 0.1) is 5.69 Å². The summed E-state index contributed by atoms with van der Waals surface area (Å²) in [6.07, 6.45) is 0. The lowest BCUT2D eigenvalue weighted by molar-refractivity contribution is 0.935. The van der Waals surface area contributed by atoms with Crippen molar-refractivity contribution in [2.75, 3.05) is 0 Å². The highest BCUT2D eigenvalue weighted by Crippen LogP contribution is 2.28. The van der Waals surface area contributed by atoms with Gasteiger partial charge in [0.15, 0.2) is 0 Å². The monoisotopic (exact) mass is 380 g/mol. The Labute approximate surface area is 153 Å². The summed E-state index contributed by atoms with van der Waals surface area (Å²) in [6.45, 7) is 0. The van der Waals surface area contributed by atoms with Gasteiger partial charge in [0.25, 0.3) is 0 Å². The van der Waals surface area contributed by atoms with Gasteiger partial charge in [-0.2, -0.15) is 0 Å². The maximum absolute atomic E-state index is 6.17. The third kappa shape index (κ3) is 4.39. The molecule has 0 aliphatic carbocycles. The predicted octanol–water partition coefficient (Wildman–Crippen LogP) is 6.40. The Hall–Kier alpha value is -1.26. The Morgan fingerprint density at radius 2 is 1.52 bits per heavy atom. The van der Waals surface area contributed by atoms with Crippen molar-refractivity contribution in [2.45, 2.75) is 10.8 Å². The molecule has 0 fully saturated rings. The first kappa shape index (κ1) is 16.6. The van der Waals surface area contributed by atoms with E-state index in [9.17, 15) is 0 Å². The standard InChI is InChI=1S/C17H11Cl3N2S/c18-13-4-1-11(2-5-13)16-7-8-17(22-21-16)23-10-12-3-6-14(19)9-15(12)20/h1-9H,10H2. The maximum Gasteiger partial charge on any atom is 0.119 e. The first-order valence-electron chi connectivity index (χ1n) is 6.78. The summed E-state index contributed by atoms with van der Waals surface area (Å²) in [7, 11) is 0. The Bertz CT molecular complexity index is 805. The second-order valence-corrected chi connectivity index (χ2v) is 7.06. The second kappa shape index (κ2) is 7.54. The largest absolute Gasteiger partial charge is 0.149 e. The summed E-state index contributed by atoms with van der Waals surface area (Å²) in [4.78, 5) is 0. The molecule has 6 heteroatoms. The first-order valence-corrected chi connectivity index (χ1v) is 8.90. The number of hydrogen-bond acceptors (Lipinski definition) is 3. The van der Waals surface area contributed by atoms with E-state index in [1.807, 2.05) is 48.5 Å². The van der Waals surface area contributed by atoms with Gasteiger partial charge in [-0.05, 0) is 42.0 Å². The normalized spacial score (nSPS) is 10.7. The minimum Gasteiger partial charge on any atom is -0.149 e. The Morgan fingerprint density at radius 1 is 0.783 bits per heavy atom. The van der Waals surface area contributed by atoms with Crippen molar-refractivity contribution >= 4 is 46.6 Å². The van der Waals surface area contributed by atoms with Crippen molar-refractivity contribution in [3.05, 3.63) is 75.2 Å². The van der Waals surface area contributed by atoms with E-state index in [0.29, 0.717) is 20.8 Å². The van der Waals surface area contributed by atoms with Crippen molar-refractivity contribution < 1.29 is 0 Å². The lowest BCUT2D eigenvalue weighted by Crippen LogP contribution is -1.90. The van der Waals surface area contributed by atoms with E-state index in [1.165, 1.54) is 0 Å². The average molecular weight is 382 g/mol. The molecule has 1 heterocycles. The SMILES string of the molecule is Clc1ccc(-c2ccc(SCc3ccc(Cl)cc3Cl)nn2)cc1. The Balaban J connectivity index is 1.69. The van der Waals surface area contributed by atoms with Gasteiger partial charge in [0.2, 0.25) is 0 Å². The summed E-state index contributed by atoms with van der Waals surface area (Å²) in [5.41, 5.74) is 2.82. The summed E-state index contributed by atoms with van der Waals surface area (Å²) in [6, 6.07) is 16.9. The molecule has 0 unspecified atom stereocenters. The van der Waals surface area contributed by atoms with Crippen LogP contribution in [0.4, 0.5) is 0 Å². The van der Waals surface area contributed by atoms with Crippen LogP contribution in [0, 0.1) is 0 Å². The zero-order valence-corrected chi connectivity index (χ0v) is 14.9. The van der Waals surface area contributed by atoms with Crippen LogP contribution in [0.25, 0.3) is 11.3 Å². The van der Waals surface area contributed by atoms with Crippen LogP contribution in [-0.4, -0.2) is 10.2 Å². The lowest BCUT2D eigenvalue weighted by Gasteiger charge is -2.05. The van der Waals surface area contributed by atoms with Crippen LogP contribution in [0.2, 0.25) is 15.1 Å². The molecule has 1 aromatic heterocycles. The highest BCUT2D eigenvalue weighted by molar-refractivity contribution is 7.98. The number of aromatic nitrogens is 2. The van der Waals surface area contributed by atoms with E-state index in [-0.39, 0.29) is 0 Å². The van der Waals surface area contributed by atoms with Crippen LogP contribution in [0.15, 0.2) is 59.6 Å². The van der Waals surface area contributed by atoms with Gasteiger partial charge in [-0.1, -0.05) is 64.8 Å². The molecule has 2 nitrogen and oxygen atoms in total. The molecule has 0 bridgehead atoms. The van der Waals surface area contributed by atoms with Gasteiger partial charge in [0.1, 0.15) is 5.03 Å². The molecule has 2 aromatic carbocycles. The fourth-order valence-electron chi connectivity index (χ4n) is 1.96. The van der Waals surface area contributed by atoms with Gasteiger partial charge in [-0.3, -0.25) is 0 Å². The van der Waals surface area contributed by atoms with Crippen LogP contribution in [0.1, 0.15) is 5.56 Å². The van der Waals surface area contributed by atoms with Crippen LogP contribution in [0.5, 0.6) is 0 Å². The molecule has 3 aromatic rings. The zero-order chi connectivity index (χ0) is 16.2. The van der Waals surface area contributed by atoms with Crippen LogP contribution >= 0.6 is 46.6 Å². The quantitative estimate of drug-likeness (QED) is 0.489. The van der Waals surface area contributed by atoms with E-state index in [2.05, 4.69) is 10.2 Å². The van der Waals surface area contributed by atoms with E-state index in [4.69, 9.17) is 34.8 Å². The van der Waals surface area contributed by atoms with Gasteiger partial charge < -0.3 is 0 Å². The topological polar surface area (TPSA) is 25.8 Å². The highest BCUT2D eigenvalue weighted by atomic mass is 35.5. The Kier molecular flexibility index (Phi) is 5.44. The van der Waals surface area contributed by atoms with Crippen LogP contribution < -0.4 is 0 Å². The fourth-order valence-corrected chi connectivity index (χ4v) is 3.46. The third-order valence-corrected chi connectivity index (χ3v) is 4.98. The summed E-state index contributed by atoms with van der Waals surface area (Å²) < 4.78 is 0. The number of rotatable bonds is 4. The Morgan fingerprint density at radius 3 is 2.17 bits per heavy atom. The van der Waals surface area contributed by atoms with E-state index < -0.39 is 0 Å². The zero-order valence-electron chi connectivity index (χ0n) is 11.8. The average Bonchev–Trinajstić information content (AvgIpc) is 2.55. The third-order valence-electron chi connectivity index (χ3n) is 3.17. The van der Waals surface area contributed by atoms with Crippen molar-refractivity contribution in [1.29, 1.82) is 0 Å². The lowest BCUT2D eigenvalue weighted by atomic mass is 10.1. The molecule has 0 aliphatic heterocycles. The highest BCUT2D eigenvalue weighted by Gasteiger charge is 2.05. The minimum atomic E-state index is 0.635. The van der Waals surface area contributed by atoms with Crippen LogP contribution in [-0.2, 0) is 5.75 Å². The maximum atomic E-state index is 6.17. The van der Waals surface area contributed by atoms with Gasteiger partial charge in [-0.25, -0.2) is 0 Å². The molecule has 0 amide bonds. The van der Waals surface area contributed by atoms with Gasteiger partial charge in [0, 0.05) is 26.4 Å². The molecule has 0 spiro atoms. The summed E-state index contributed by atoms with van der Waals surface area (Å²) in [5, 5.41) is 11.4. The molecule has 0 radical (unpaired) electrons.